The minimum Gasteiger partial charge on any atom is -0.267 e. The lowest BCUT2D eigenvalue weighted by Gasteiger charge is -2.02. The predicted molar refractivity (Wildman–Crippen MR) is 79.6 cm³/mol. The number of para-hydroxylation sites is 1. The van der Waals surface area contributed by atoms with Crippen molar-refractivity contribution in [3.8, 4) is 0 Å². The Morgan fingerprint density at radius 3 is 2.68 bits per heavy atom. The number of nitro groups is 1. The van der Waals surface area contributed by atoms with Gasteiger partial charge in [0.15, 0.2) is 0 Å². The molecule has 2 rings (SSSR count). The molecule has 2 aromatic rings. The van der Waals surface area contributed by atoms with Crippen LogP contribution in [0.2, 0.25) is 5.02 Å². The lowest BCUT2D eigenvalue weighted by Crippen LogP contribution is -2.19. The first-order valence-electron chi connectivity index (χ1n) is 6.01. The van der Waals surface area contributed by atoms with Crippen molar-refractivity contribution in [2.75, 3.05) is 0 Å². The maximum absolute atomic E-state index is 13.5. The van der Waals surface area contributed by atoms with Crippen molar-refractivity contribution in [3.63, 3.8) is 0 Å². The van der Waals surface area contributed by atoms with E-state index in [1.165, 1.54) is 42.5 Å². The fourth-order valence-corrected chi connectivity index (χ4v) is 1.89. The molecule has 6 nitrogen and oxygen atoms in total. The molecule has 8 heteroatoms. The van der Waals surface area contributed by atoms with Gasteiger partial charge in [-0.2, -0.15) is 5.10 Å². The number of nitrogens with zero attached hydrogens (tertiary/aromatic N) is 2. The summed E-state index contributed by atoms with van der Waals surface area (Å²) in [6, 6.07) is 9.51. The van der Waals surface area contributed by atoms with Crippen molar-refractivity contribution in [2.24, 2.45) is 5.10 Å². The molecule has 0 saturated carbocycles. The third-order valence-corrected chi connectivity index (χ3v) is 3.03. The van der Waals surface area contributed by atoms with E-state index in [1.54, 1.807) is 0 Å². The van der Waals surface area contributed by atoms with Crippen LogP contribution in [0.3, 0.4) is 0 Å². The van der Waals surface area contributed by atoms with E-state index in [2.05, 4.69) is 10.5 Å². The maximum Gasteiger partial charge on any atom is 0.282 e. The van der Waals surface area contributed by atoms with E-state index >= 15 is 0 Å². The predicted octanol–water partition coefficient (Wildman–Crippen LogP) is 3.15. The Kier molecular flexibility index (Phi) is 4.80. The highest BCUT2D eigenvalue weighted by Gasteiger charge is 2.18. The van der Waals surface area contributed by atoms with Gasteiger partial charge in [0.05, 0.1) is 16.2 Å². The number of benzene rings is 2. The summed E-state index contributed by atoms with van der Waals surface area (Å²) >= 11 is 5.80. The minimum absolute atomic E-state index is 0.00651. The topological polar surface area (TPSA) is 84.6 Å². The molecular formula is C14H9ClFN3O3. The number of hydrazone groups is 1. The number of nitro benzene ring substituents is 1. The fourth-order valence-electron chi connectivity index (χ4n) is 1.67. The molecule has 0 radical (unpaired) electrons. The van der Waals surface area contributed by atoms with Crippen LogP contribution in [0.1, 0.15) is 15.9 Å². The average Bonchev–Trinajstić information content (AvgIpc) is 2.50. The van der Waals surface area contributed by atoms with Gasteiger partial charge in [-0.3, -0.25) is 14.9 Å². The van der Waals surface area contributed by atoms with Gasteiger partial charge in [-0.25, -0.2) is 9.82 Å². The van der Waals surface area contributed by atoms with Crippen LogP contribution in [-0.4, -0.2) is 17.0 Å². The van der Waals surface area contributed by atoms with E-state index in [0.717, 1.165) is 6.21 Å². The van der Waals surface area contributed by atoms with Crippen LogP contribution in [0.15, 0.2) is 47.6 Å². The Bertz CT molecular complexity index is 744. The van der Waals surface area contributed by atoms with Gasteiger partial charge >= 0.3 is 0 Å². The normalized spacial score (nSPS) is 10.6. The SMILES string of the molecule is O=C(NN=Cc1c(F)cccc1Cl)c1ccccc1[N+](=O)[O-]. The Hall–Kier alpha value is -2.80. The molecule has 0 saturated heterocycles. The highest BCUT2D eigenvalue weighted by atomic mass is 35.5. The number of rotatable bonds is 4. The first-order valence-corrected chi connectivity index (χ1v) is 6.39. The monoisotopic (exact) mass is 321 g/mol. The second-order valence-electron chi connectivity index (χ2n) is 4.11. The lowest BCUT2D eigenvalue weighted by atomic mass is 10.2. The zero-order chi connectivity index (χ0) is 16.1. The first-order chi connectivity index (χ1) is 10.5. The number of hydrogen-bond acceptors (Lipinski definition) is 4. The van der Waals surface area contributed by atoms with Gasteiger partial charge < -0.3 is 0 Å². The fraction of sp³-hybridized carbons (Fsp3) is 0. The number of amides is 1. The van der Waals surface area contributed by atoms with Crippen molar-refractivity contribution in [2.45, 2.75) is 0 Å². The van der Waals surface area contributed by atoms with Crippen molar-refractivity contribution in [1.82, 2.24) is 5.43 Å². The second kappa shape index (κ2) is 6.77. The molecule has 0 aliphatic rings. The third kappa shape index (κ3) is 3.44. The molecule has 1 amide bonds. The van der Waals surface area contributed by atoms with Gasteiger partial charge in [0.25, 0.3) is 11.6 Å². The van der Waals surface area contributed by atoms with E-state index in [4.69, 9.17) is 11.6 Å². The molecule has 0 spiro atoms. The van der Waals surface area contributed by atoms with Crippen molar-refractivity contribution in [1.29, 1.82) is 0 Å². The Morgan fingerprint density at radius 2 is 2.00 bits per heavy atom. The second-order valence-corrected chi connectivity index (χ2v) is 4.52. The quantitative estimate of drug-likeness (QED) is 0.533. The van der Waals surface area contributed by atoms with Crippen LogP contribution in [-0.2, 0) is 0 Å². The Labute approximate surface area is 129 Å². The molecule has 1 N–H and O–H groups in total. The Balaban J connectivity index is 2.17. The minimum atomic E-state index is -0.781. The molecule has 0 bridgehead atoms. The molecule has 0 fully saturated rings. The van der Waals surface area contributed by atoms with Crippen molar-refractivity contribution < 1.29 is 14.1 Å². The maximum atomic E-state index is 13.5. The third-order valence-electron chi connectivity index (χ3n) is 2.70. The van der Waals surface area contributed by atoms with Crippen molar-refractivity contribution >= 4 is 29.4 Å². The molecule has 112 valence electrons. The van der Waals surface area contributed by atoms with E-state index in [0.29, 0.717) is 0 Å². The molecule has 0 aromatic heterocycles. The molecule has 0 atom stereocenters. The van der Waals surface area contributed by atoms with E-state index < -0.39 is 16.6 Å². The summed E-state index contributed by atoms with van der Waals surface area (Å²) in [6.07, 6.45) is 1.03. The van der Waals surface area contributed by atoms with Crippen LogP contribution < -0.4 is 5.43 Å². The molecular weight excluding hydrogens is 313 g/mol. The molecule has 22 heavy (non-hydrogen) atoms. The molecule has 2 aromatic carbocycles. The van der Waals surface area contributed by atoms with Crippen LogP contribution >= 0.6 is 11.6 Å². The molecule has 0 heterocycles. The number of carbonyl (C=O) groups excluding carboxylic acids is 1. The lowest BCUT2D eigenvalue weighted by molar-refractivity contribution is -0.385. The zero-order valence-corrected chi connectivity index (χ0v) is 11.7. The molecule has 0 aliphatic carbocycles. The summed E-state index contributed by atoms with van der Waals surface area (Å²) in [5.74, 6) is -1.38. The highest BCUT2D eigenvalue weighted by Crippen LogP contribution is 2.18. The van der Waals surface area contributed by atoms with Gasteiger partial charge in [-0.15, -0.1) is 0 Å². The van der Waals surface area contributed by atoms with Gasteiger partial charge in [0, 0.05) is 11.6 Å². The molecule has 0 aliphatic heterocycles. The summed E-state index contributed by atoms with van der Waals surface area (Å²) < 4.78 is 13.5. The first kappa shape index (κ1) is 15.6. The van der Waals surface area contributed by atoms with Crippen LogP contribution in [0.5, 0.6) is 0 Å². The van der Waals surface area contributed by atoms with Gasteiger partial charge in [-0.1, -0.05) is 29.8 Å². The van der Waals surface area contributed by atoms with E-state index in [9.17, 15) is 19.3 Å². The van der Waals surface area contributed by atoms with E-state index in [-0.39, 0.29) is 21.8 Å². The number of nitrogens with one attached hydrogen (secondary N) is 1. The summed E-state index contributed by atoms with van der Waals surface area (Å²) in [7, 11) is 0. The average molecular weight is 322 g/mol. The molecule has 0 unspecified atom stereocenters. The highest BCUT2D eigenvalue weighted by molar-refractivity contribution is 6.33. The van der Waals surface area contributed by atoms with Gasteiger partial charge in [0.2, 0.25) is 0 Å². The summed E-state index contributed by atoms with van der Waals surface area (Å²) in [5.41, 5.74) is 1.61. The van der Waals surface area contributed by atoms with E-state index in [1.807, 2.05) is 0 Å². The largest absolute Gasteiger partial charge is 0.282 e. The van der Waals surface area contributed by atoms with Crippen LogP contribution in [0.25, 0.3) is 0 Å². The van der Waals surface area contributed by atoms with Crippen LogP contribution in [0.4, 0.5) is 10.1 Å². The van der Waals surface area contributed by atoms with Crippen molar-refractivity contribution in [3.05, 3.63) is 74.5 Å². The van der Waals surface area contributed by atoms with Gasteiger partial charge in [0.1, 0.15) is 11.4 Å². The van der Waals surface area contributed by atoms with Crippen LogP contribution in [0, 0.1) is 15.9 Å². The smallest absolute Gasteiger partial charge is 0.267 e. The van der Waals surface area contributed by atoms with Gasteiger partial charge in [-0.05, 0) is 18.2 Å². The number of halogens is 2. The standard InChI is InChI=1S/C14H9ClFN3O3/c15-11-5-3-6-12(16)10(11)8-17-18-14(20)9-4-1-2-7-13(9)19(21)22/h1-8H,(H,18,20). The number of carbonyl (C=O) groups is 1. The summed E-state index contributed by atoms with van der Waals surface area (Å²) in [5, 5.41) is 14.5. The summed E-state index contributed by atoms with van der Waals surface area (Å²) in [4.78, 5) is 22.0. The summed E-state index contributed by atoms with van der Waals surface area (Å²) in [6.45, 7) is 0. The zero-order valence-electron chi connectivity index (χ0n) is 11.0. The Morgan fingerprint density at radius 1 is 1.27 bits per heavy atom. The number of hydrogen-bond donors (Lipinski definition) is 1.